The molecule has 0 spiro atoms. The Labute approximate surface area is 137 Å². The normalized spacial score (nSPS) is 17.8. The van der Waals surface area contributed by atoms with E-state index in [0.717, 1.165) is 17.0 Å². The van der Waals surface area contributed by atoms with Gasteiger partial charge >= 0.3 is 0 Å². The first-order valence-electron chi connectivity index (χ1n) is 7.63. The van der Waals surface area contributed by atoms with Crippen molar-refractivity contribution in [3.63, 3.8) is 0 Å². The molecular formula is C17H23N3O3. The maximum Gasteiger partial charge on any atom is 0.300 e. The Morgan fingerprint density at radius 1 is 1.35 bits per heavy atom. The number of hydrogen-bond acceptors (Lipinski definition) is 5. The highest BCUT2D eigenvalue weighted by atomic mass is 16.5. The topological polar surface area (TPSA) is 54.4 Å². The van der Waals surface area contributed by atoms with E-state index in [0.29, 0.717) is 19.1 Å². The van der Waals surface area contributed by atoms with Crippen LogP contribution in [0.5, 0.6) is 5.75 Å². The molecule has 2 rings (SSSR count). The molecule has 6 nitrogen and oxygen atoms in total. The molecule has 1 aromatic carbocycles. The van der Waals surface area contributed by atoms with Crippen molar-refractivity contribution >= 4 is 23.7 Å². The van der Waals surface area contributed by atoms with Crippen molar-refractivity contribution in [1.29, 1.82) is 0 Å². The highest BCUT2D eigenvalue weighted by Gasteiger charge is 2.33. The van der Waals surface area contributed by atoms with E-state index in [-0.39, 0.29) is 11.7 Å². The lowest BCUT2D eigenvalue weighted by Gasteiger charge is -2.16. The maximum atomic E-state index is 12.4. The second-order valence-corrected chi connectivity index (χ2v) is 5.24. The third-order valence-electron chi connectivity index (χ3n) is 3.48. The third kappa shape index (κ3) is 3.47. The van der Waals surface area contributed by atoms with Gasteiger partial charge in [0.1, 0.15) is 5.75 Å². The molecule has 0 unspecified atom stereocenters. The highest BCUT2D eigenvalue weighted by Crippen LogP contribution is 2.29. The minimum Gasteiger partial charge on any atom is -0.495 e. The van der Waals surface area contributed by atoms with E-state index in [1.807, 2.05) is 51.0 Å². The van der Waals surface area contributed by atoms with Crippen LogP contribution >= 0.6 is 0 Å². The molecule has 1 fully saturated rings. The number of carbonyl (C=O) groups is 1. The SMILES string of the molecule is CCN=C1O/C(=C/c2ccc(N(C)C)c(OC)c2)C(=O)N1CC. The van der Waals surface area contributed by atoms with Crippen molar-refractivity contribution in [3.8, 4) is 5.75 Å². The van der Waals surface area contributed by atoms with Crippen molar-refractivity contribution in [3.05, 3.63) is 29.5 Å². The van der Waals surface area contributed by atoms with Crippen LogP contribution in [0.3, 0.4) is 0 Å². The number of ether oxygens (including phenoxy) is 2. The minimum absolute atomic E-state index is 0.171. The van der Waals surface area contributed by atoms with Gasteiger partial charge in [-0.15, -0.1) is 0 Å². The molecule has 1 heterocycles. The lowest BCUT2D eigenvalue weighted by molar-refractivity contribution is -0.122. The second-order valence-electron chi connectivity index (χ2n) is 5.24. The van der Waals surface area contributed by atoms with Gasteiger partial charge in [-0.3, -0.25) is 9.69 Å². The summed E-state index contributed by atoms with van der Waals surface area (Å²) in [5.74, 6) is 0.846. The molecule has 0 saturated carbocycles. The van der Waals surface area contributed by atoms with Crippen LogP contribution in [0.15, 0.2) is 29.0 Å². The van der Waals surface area contributed by atoms with Gasteiger partial charge in [0.2, 0.25) is 0 Å². The Balaban J connectivity index is 2.35. The summed E-state index contributed by atoms with van der Waals surface area (Å²) in [5, 5.41) is 0. The van der Waals surface area contributed by atoms with Crippen LogP contribution in [-0.4, -0.2) is 51.1 Å². The van der Waals surface area contributed by atoms with E-state index in [9.17, 15) is 4.79 Å². The van der Waals surface area contributed by atoms with Crippen molar-refractivity contribution in [2.24, 2.45) is 4.99 Å². The van der Waals surface area contributed by atoms with Crippen molar-refractivity contribution in [2.45, 2.75) is 13.8 Å². The standard InChI is InChI=1S/C17H23N3O3/c1-6-18-17-20(7-2)16(21)15(23-17)11-12-8-9-13(19(3)4)14(10-12)22-5/h8-11H,6-7H2,1-5H3/b15-11+,18-17?. The first kappa shape index (κ1) is 16.9. The van der Waals surface area contributed by atoms with Crippen LogP contribution in [0.4, 0.5) is 5.69 Å². The average Bonchev–Trinajstić information content (AvgIpc) is 2.82. The number of rotatable bonds is 5. The first-order chi connectivity index (χ1) is 11.0. The fourth-order valence-electron chi connectivity index (χ4n) is 2.34. The minimum atomic E-state index is -0.171. The van der Waals surface area contributed by atoms with Gasteiger partial charge in [-0.25, -0.2) is 4.99 Å². The van der Waals surface area contributed by atoms with Crippen LogP contribution in [0.25, 0.3) is 6.08 Å². The Kier molecular flexibility index (Phi) is 5.26. The number of anilines is 1. The number of carbonyl (C=O) groups excluding carboxylic acids is 1. The summed E-state index contributed by atoms with van der Waals surface area (Å²) in [7, 11) is 5.53. The van der Waals surface area contributed by atoms with Crippen molar-refractivity contribution in [1.82, 2.24) is 4.90 Å². The lowest BCUT2D eigenvalue weighted by Crippen LogP contribution is -2.29. The molecule has 1 saturated heterocycles. The molecule has 1 aliphatic heterocycles. The molecule has 1 aromatic rings. The Morgan fingerprint density at radius 3 is 2.65 bits per heavy atom. The van der Waals surface area contributed by atoms with Gasteiger partial charge in [-0.1, -0.05) is 6.07 Å². The molecule has 0 aliphatic carbocycles. The molecule has 6 heteroatoms. The molecule has 0 radical (unpaired) electrons. The van der Waals surface area contributed by atoms with Gasteiger partial charge in [0.15, 0.2) is 5.76 Å². The number of benzene rings is 1. The van der Waals surface area contributed by atoms with Crippen LogP contribution in [0, 0.1) is 0 Å². The molecule has 0 bridgehead atoms. The van der Waals surface area contributed by atoms with Gasteiger partial charge < -0.3 is 14.4 Å². The zero-order valence-corrected chi connectivity index (χ0v) is 14.3. The molecular weight excluding hydrogens is 294 g/mol. The van der Waals surface area contributed by atoms with Gasteiger partial charge in [-0.2, -0.15) is 0 Å². The zero-order chi connectivity index (χ0) is 17.0. The lowest BCUT2D eigenvalue weighted by atomic mass is 10.1. The number of methoxy groups -OCH3 is 1. The van der Waals surface area contributed by atoms with Crippen LogP contribution in [-0.2, 0) is 9.53 Å². The van der Waals surface area contributed by atoms with E-state index in [1.54, 1.807) is 13.2 Å². The van der Waals surface area contributed by atoms with Crippen molar-refractivity contribution in [2.75, 3.05) is 39.2 Å². The predicted molar refractivity (Wildman–Crippen MR) is 91.7 cm³/mol. The number of likely N-dealkylation sites (N-methyl/N-ethyl adjacent to an activating group) is 1. The third-order valence-corrected chi connectivity index (χ3v) is 3.48. The number of aliphatic imine (C=N–C) groups is 1. The number of amides is 1. The molecule has 23 heavy (non-hydrogen) atoms. The van der Waals surface area contributed by atoms with Gasteiger partial charge in [0, 0.05) is 27.2 Å². The summed E-state index contributed by atoms with van der Waals surface area (Å²) in [5.41, 5.74) is 1.81. The molecule has 0 N–H and O–H groups in total. The zero-order valence-electron chi connectivity index (χ0n) is 14.3. The Morgan fingerprint density at radius 2 is 2.09 bits per heavy atom. The molecule has 124 valence electrons. The summed E-state index contributed by atoms with van der Waals surface area (Å²) >= 11 is 0. The Hall–Kier alpha value is -2.50. The van der Waals surface area contributed by atoms with E-state index in [2.05, 4.69) is 4.99 Å². The van der Waals surface area contributed by atoms with Gasteiger partial charge in [0.05, 0.1) is 12.8 Å². The second kappa shape index (κ2) is 7.17. The summed E-state index contributed by atoms with van der Waals surface area (Å²) in [6, 6.07) is 6.11. The summed E-state index contributed by atoms with van der Waals surface area (Å²) in [6.45, 7) is 4.89. The van der Waals surface area contributed by atoms with E-state index in [4.69, 9.17) is 9.47 Å². The average molecular weight is 317 g/mol. The monoisotopic (exact) mass is 317 g/mol. The van der Waals surface area contributed by atoms with E-state index < -0.39 is 0 Å². The molecule has 1 amide bonds. The van der Waals surface area contributed by atoms with Crippen LogP contribution in [0.1, 0.15) is 19.4 Å². The molecule has 0 atom stereocenters. The number of hydrogen-bond donors (Lipinski definition) is 0. The summed E-state index contributed by atoms with van der Waals surface area (Å²) in [4.78, 5) is 20.1. The molecule has 1 aliphatic rings. The number of amidine groups is 1. The van der Waals surface area contributed by atoms with E-state index in [1.165, 1.54) is 4.90 Å². The Bertz CT molecular complexity index is 650. The largest absolute Gasteiger partial charge is 0.495 e. The summed E-state index contributed by atoms with van der Waals surface area (Å²) in [6.07, 6.45) is 1.71. The fraction of sp³-hybridized carbons (Fsp3) is 0.412. The molecule has 0 aromatic heterocycles. The van der Waals surface area contributed by atoms with Gasteiger partial charge in [-0.05, 0) is 37.6 Å². The van der Waals surface area contributed by atoms with Crippen molar-refractivity contribution < 1.29 is 14.3 Å². The predicted octanol–water partition coefficient (Wildman–Crippen LogP) is 2.36. The fourth-order valence-corrected chi connectivity index (χ4v) is 2.34. The summed E-state index contributed by atoms with van der Waals surface area (Å²) < 4.78 is 11.0. The quantitative estimate of drug-likeness (QED) is 0.782. The van der Waals surface area contributed by atoms with E-state index >= 15 is 0 Å². The van der Waals surface area contributed by atoms with Crippen LogP contribution in [0.2, 0.25) is 0 Å². The smallest absolute Gasteiger partial charge is 0.300 e. The highest BCUT2D eigenvalue weighted by molar-refractivity contribution is 6.11. The number of nitrogens with zero attached hydrogens (tertiary/aromatic N) is 3. The first-order valence-corrected chi connectivity index (χ1v) is 7.63. The maximum absolute atomic E-state index is 12.4. The van der Waals surface area contributed by atoms with Gasteiger partial charge in [0.25, 0.3) is 11.9 Å². The van der Waals surface area contributed by atoms with Crippen LogP contribution < -0.4 is 9.64 Å².